The Balaban J connectivity index is 2.27. The molecule has 0 aliphatic carbocycles. The van der Waals surface area contributed by atoms with E-state index in [4.69, 9.17) is 0 Å². The number of hydrogen-bond acceptors (Lipinski definition) is 4. The molecule has 8 heteroatoms. The predicted octanol–water partition coefficient (Wildman–Crippen LogP) is 2.15. The quantitative estimate of drug-likeness (QED) is 0.635. The van der Waals surface area contributed by atoms with Gasteiger partial charge in [-0.2, -0.15) is 0 Å². The van der Waals surface area contributed by atoms with Crippen LogP contribution in [0.1, 0.15) is 0 Å². The summed E-state index contributed by atoms with van der Waals surface area (Å²) in [6, 6.07) is 4.06. The van der Waals surface area contributed by atoms with E-state index in [0.717, 1.165) is 0 Å². The average molecular weight is 242 g/mol. The second-order valence-corrected chi connectivity index (χ2v) is 3.32. The Morgan fingerprint density at radius 2 is 2.29 bits per heavy atom. The molecule has 1 aromatic heterocycles. The standard InChI is InChI=1S/C9H8F2N4O2/c10-8(11)4-12-9-13-6-2-1-5(15(16)17)3-7(6)14-9/h1-3,8H,4H2,(H2,12,13,14). The Hall–Kier alpha value is -2.25. The van der Waals surface area contributed by atoms with Crippen LogP contribution in [0.2, 0.25) is 0 Å². The molecule has 0 fully saturated rings. The Morgan fingerprint density at radius 3 is 2.94 bits per heavy atom. The molecule has 2 rings (SSSR count). The molecule has 0 amide bonds. The first-order valence-electron chi connectivity index (χ1n) is 4.72. The first-order chi connectivity index (χ1) is 8.06. The highest BCUT2D eigenvalue weighted by atomic mass is 19.3. The number of H-pyrrole nitrogens is 1. The first-order valence-corrected chi connectivity index (χ1v) is 4.72. The van der Waals surface area contributed by atoms with Crippen molar-refractivity contribution in [1.82, 2.24) is 9.97 Å². The molecule has 17 heavy (non-hydrogen) atoms. The van der Waals surface area contributed by atoms with Gasteiger partial charge in [-0.25, -0.2) is 13.8 Å². The molecule has 1 aromatic carbocycles. The molecular weight excluding hydrogens is 234 g/mol. The number of hydrogen-bond donors (Lipinski definition) is 2. The minimum atomic E-state index is -2.49. The van der Waals surface area contributed by atoms with Crippen LogP contribution in [0.15, 0.2) is 18.2 Å². The van der Waals surface area contributed by atoms with Crippen molar-refractivity contribution in [3.63, 3.8) is 0 Å². The van der Waals surface area contributed by atoms with E-state index in [1.165, 1.54) is 18.2 Å². The lowest BCUT2D eigenvalue weighted by Gasteiger charge is -1.99. The number of imidazole rings is 1. The third-order valence-corrected chi connectivity index (χ3v) is 2.10. The third-order valence-electron chi connectivity index (χ3n) is 2.10. The van der Waals surface area contributed by atoms with Gasteiger partial charge >= 0.3 is 0 Å². The lowest BCUT2D eigenvalue weighted by Crippen LogP contribution is -2.10. The minimum Gasteiger partial charge on any atom is -0.350 e. The number of benzene rings is 1. The van der Waals surface area contributed by atoms with Crippen molar-refractivity contribution >= 4 is 22.7 Å². The molecule has 0 aliphatic rings. The van der Waals surface area contributed by atoms with Gasteiger partial charge in [-0.1, -0.05) is 0 Å². The number of rotatable bonds is 4. The van der Waals surface area contributed by atoms with Gasteiger partial charge in [-0.3, -0.25) is 10.1 Å². The third kappa shape index (κ3) is 2.47. The second-order valence-electron chi connectivity index (χ2n) is 3.32. The number of fused-ring (bicyclic) bond motifs is 1. The molecule has 1 heterocycles. The SMILES string of the molecule is O=[N+]([O-])c1ccc2nc(NCC(F)F)[nH]c2c1. The predicted molar refractivity (Wildman–Crippen MR) is 57.2 cm³/mol. The van der Waals surface area contributed by atoms with E-state index < -0.39 is 17.9 Å². The van der Waals surface area contributed by atoms with Gasteiger partial charge in [-0.05, 0) is 6.07 Å². The van der Waals surface area contributed by atoms with Gasteiger partial charge in [0.05, 0.1) is 22.5 Å². The highest BCUT2D eigenvalue weighted by Crippen LogP contribution is 2.20. The summed E-state index contributed by atoms with van der Waals surface area (Å²) in [7, 11) is 0. The normalized spacial score (nSPS) is 11.0. The van der Waals surface area contributed by atoms with Crippen LogP contribution in [0, 0.1) is 10.1 Å². The molecule has 0 atom stereocenters. The van der Waals surface area contributed by atoms with Crippen molar-refractivity contribution in [3.8, 4) is 0 Å². The van der Waals surface area contributed by atoms with Crippen LogP contribution in [-0.2, 0) is 0 Å². The maximum Gasteiger partial charge on any atom is 0.271 e. The number of alkyl halides is 2. The number of nitro benzene ring substituents is 1. The summed E-state index contributed by atoms with van der Waals surface area (Å²) in [4.78, 5) is 16.6. The maximum atomic E-state index is 12.0. The maximum absolute atomic E-state index is 12.0. The number of aromatic nitrogens is 2. The summed E-state index contributed by atoms with van der Waals surface area (Å²) >= 11 is 0. The molecule has 0 unspecified atom stereocenters. The lowest BCUT2D eigenvalue weighted by molar-refractivity contribution is -0.384. The summed E-state index contributed by atoms with van der Waals surface area (Å²) in [5.41, 5.74) is 0.824. The Bertz CT molecular complexity index is 555. The van der Waals surface area contributed by atoms with Gasteiger partial charge in [0.25, 0.3) is 12.1 Å². The smallest absolute Gasteiger partial charge is 0.271 e. The van der Waals surface area contributed by atoms with Gasteiger partial charge < -0.3 is 10.3 Å². The zero-order valence-electron chi connectivity index (χ0n) is 8.48. The molecule has 0 saturated carbocycles. The van der Waals surface area contributed by atoms with Crippen molar-refractivity contribution in [2.24, 2.45) is 0 Å². The molecule has 0 bridgehead atoms. The van der Waals surface area contributed by atoms with E-state index >= 15 is 0 Å². The number of nitro groups is 1. The zero-order chi connectivity index (χ0) is 12.4. The highest BCUT2D eigenvalue weighted by molar-refractivity contribution is 5.79. The molecule has 90 valence electrons. The van der Waals surface area contributed by atoms with Crippen molar-refractivity contribution in [3.05, 3.63) is 28.3 Å². The Labute approximate surface area is 93.8 Å². The van der Waals surface area contributed by atoms with Crippen LogP contribution in [-0.4, -0.2) is 27.9 Å². The Morgan fingerprint density at radius 1 is 1.53 bits per heavy atom. The van der Waals surface area contributed by atoms with E-state index in [0.29, 0.717) is 11.0 Å². The van der Waals surface area contributed by atoms with E-state index in [2.05, 4.69) is 15.3 Å². The highest BCUT2D eigenvalue weighted by Gasteiger charge is 2.10. The van der Waals surface area contributed by atoms with E-state index in [-0.39, 0.29) is 11.6 Å². The van der Waals surface area contributed by atoms with Gasteiger partial charge in [-0.15, -0.1) is 0 Å². The molecule has 0 radical (unpaired) electrons. The van der Waals surface area contributed by atoms with Gasteiger partial charge in [0.1, 0.15) is 0 Å². The van der Waals surface area contributed by atoms with Crippen LogP contribution in [0.5, 0.6) is 0 Å². The fraction of sp³-hybridized carbons (Fsp3) is 0.222. The molecule has 0 aliphatic heterocycles. The number of nitrogens with one attached hydrogen (secondary N) is 2. The molecule has 2 aromatic rings. The van der Waals surface area contributed by atoms with Crippen molar-refractivity contribution in [2.75, 3.05) is 11.9 Å². The number of aromatic amines is 1. The van der Waals surface area contributed by atoms with Crippen molar-refractivity contribution in [1.29, 1.82) is 0 Å². The Kier molecular flexibility index (Phi) is 2.86. The number of nitrogens with zero attached hydrogens (tertiary/aromatic N) is 2. The lowest BCUT2D eigenvalue weighted by atomic mass is 10.3. The molecule has 6 nitrogen and oxygen atoms in total. The van der Waals surface area contributed by atoms with E-state index in [1.54, 1.807) is 0 Å². The van der Waals surface area contributed by atoms with Crippen LogP contribution in [0.25, 0.3) is 11.0 Å². The summed E-state index contributed by atoms with van der Waals surface area (Å²) in [6.07, 6.45) is -2.49. The number of halogens is 2. The van der Waals surface area contributed by atoms with Crippen molar-refractivity contribution in [2.45, 2.75) is 6.43 Å². The summed E-state index contributed by atoms with van der Waals surface area (Å²) in [5, 5.41) is 12.9. The number of non-ortho nitro benzene ring substituents is 1. The fourth-order valence-electron chi connectivity index (χ4n) is 1.37. The van der Waals surface area contributed by atoms with Gasteiger partial charge in [0.15, 0.2) is 0 Å². The largest absolute Gasteiger partial charge is 0.350 e. The number of anilines is 1. The van der Waals surface area contributed by atoms with Crippen LogP contribution in [0.4, 0.5) is 20.4 Å². The van der Waals surface area contributed by atoms with E-state index in [9.17, 15) is 18.9 Å². The van der Waals surface area contributed by atoms with E-state index in [1.807, 2.05) is 0 Å². The molecule has 0 spiro atoms. The van der Waals surface area contributed by atoms with Crippen LogP contribution >= 0.6 is 0 Å². The molecule has 0 saturated heterocycles. The van der Waals surface area contributed by atoms with Gasteiger partial charge in [0, 0.05) is 12.1 Å². The summed E-state index contributed by atoms with van der Waals surface area (Å²) in [5.74, 6) is 0.167. The average Bonchev–Trinajstić information content (AvgIpc) is 2.67. The van der Waals surface area contributed by atoms with Crippen LogP contribution < -0.4 is 5.32 Å². The molecule has 2 N–H and O–H groups in total. The minimum absolute atomic E-state index is 0.0819. The van der Waals surface area contributed by atoms with Gasteiger partial charge in [0.2, 0.25) is 5.95 Å². The first kappa shape index (κ1) is 11.2. The summed E-state index contributed by atoms with van der Waals surface area (Å²) < 4.78 is 23.9. The van der Waals surface area contributed by atoms with Crippen LogP contribution in [0.3, 0.4) is 0 Å². The zero-order valence-corrected chi connectivity index (χ0v) is 8.48. The fourth-order valence-corrected chi connectivity index (χ4v) is 1.37. The molecular formula is C9H8F2N4O2. The summed E-state index contributed by atoms with van der Waals surface area (Å²) in [6.45, 7) is -0.526. The monoisotopic (exact) mass is 242 g/mol. The van der Waals surface area contributed by atoms with Crippen molar-refractivity contribution < 1.29 is 13.7 Å². The topological polar surface area (TPSA) is 83.8 Å². The second kappa shape index (κ2) is 4.32.